The van der Waals surface area contributed by atoms with Crippen LogP contribution >= 0.6 is 0 Å². The van der Waals surface area contributed by atoms with E-state index in [1.165, 1.54) is 36.0 Å². The van der Waals surface area contributed by atoms with Crippen LogP contribution in [0.25, 0.3) is 0 Å². The Bertz CT molecular complexity index is 391. The van der Waals surface area contributed by atoms with Crippen molar-refractivity contribution >= 4 is 0 Å². The Morgan fingerprint density at radius 1 is 1.10 bits per heavy atom. The fraction of sp³-hybridized carbons (Fsp3) is 0.667. The molecule has 1 aromatic carbocycles. The smallest absolute Gasteiger partial charge is 0.124 e. The predicted octanol–water partition coefficient (Wildman–Crippen LogP) is 4.79. The van der Waals surface area contributed by atoms with Gasteiger partial charge in [-0.3, -0.25) is 0 Å². The topological polar surface area (TPSA) is 21.3 Å². The van der Waals surface area contributed by atoms with Crippen LogP contribution in [0.15, 0.2) is 12.1 Å². The zero-order valence-electron chi connectivity index (χ0n) is 14.0. The monoisotopic (exact) mass is 277 g/mol. The average molecular weight is 277 g/mol. The zero-order chi connectivity index (χ0) is 15.1. The van der Waals surface area contributed by atoms with E-state index in [0.717, 1.165) is 12.3 Å². The van der Waals surface area contributed by atoms with Crippen LogP contribution in [0.5, 0.6) is 5.75 Å². The van der Waals surface area contributed by atoms with Crippen LogP contribution in [0.2, 0.25) is 0 Å². The molecule has 0 bridgehead atoms. The molecule has 2 atom stereocenters. The standard InChI is InChI=1S/C18H31NO/c1-7-9-13(3)17(19-10-8-2)16-11-14(4)18(20-6)15(5)12-16/h11-13,17,19H,7-10H2,1-6H3. The third-order valence-electron chi connectivity index (χ3n) is 3.97. The molecule has 0 spiro atoms. The Balaban J connectivity index is 3.06. The van der Waals surface area contributed by atoms with Crippen LogP contribution in [0.3, 0.4) is 0 Å². The second-order valence-electron chi connectivity index (χ2n) is 5.89. The van der Waals surface area contributed by atoms with Crippen LogP contribution in [0, 0.1) is 19.8 Å². The molecular weight excluding hydrogens is 246 g/mol. The lowest BCUT2D eigenvalue weighted by atomic mass is 9.89. The van der Waals surface area contributed by atoms with Crippen molar-refractivity contribution in [1.82, 2.24) is 5.32 Å². The molecule has 1 rings (SSSR count). The first-order valence-electron chi connectivity index (χ1n) is 7.93. The van der Waals surface area contributed by atoms with E-state index in [9.17, 15) is 0 Å². The minimum Gasteiger partial charge on any atom is -0.496 e. The van der Waals surface area contributed by atoms with E-state index in [2.05, 4.69) is 52.1 Å². The molecule has 0 saturated carbocycles. The number of ether oxygens (including phenoxy) is 1. The largest absolute Gasteiger partial charge is 0.496 e. The molecule has 0 aromatic heterocycles. The summed E-state index contributed by atoms with van der Waals surface area (Å²) in [5.41, 5.74) is 3.86. The van der Waals surface area contributed by atoms with Gasteiger partial charge in [0.2, 0.25) is 0 Å². The quantitative estimate of drug-likeness (QED) is 0.737. The van der Waals surface area contributed by atoms with Crippen molar-refractivity contribution in [2.45, 2.75) is 59.9 Å². The third kappa shape index (κ3) is 4.24. The Labute approximate surface area is 124 Å². The summed E-state index contributed by atoms with van der Waals surface area (Å²) in [4.78, 5) is 0. The molecule has 0 amide bonds. The highest BCUT2D eigenvalue weighted by atomic mass is 16.5. The van der Waals surface area contributed by atoms with Gasteiger partial charge in [-0.25, -0.2) is 0 Å². The van der Waals surface area contributed by atoms with Gasteiger partial charge in [-0.1, -0.05) is 39.3 Å². The number of hydrogen-bond acceptors (Lipinski definition) is 2. The van der Waals surface area contributed by atoms with Gasteiger partial charge in [0.1, 0.15) is 5.75 Å². The highest BCUT2D eigenvalue weighted by Crippen LogP contribution is 2.31. The Morgan fingerprint density at radius 3 is 2.15 bits per heavy atom. The van der Waals surface area contributed by atoms with E-state index in [-0.39, 0.29) is 0 Å². The molecule has 1 N–H and O–H groups in total. The summed E-state index contributed by atoms with van der Waals surface area (Å²) in [5.74, 6) is 1.67. The van der Waals surface area contributed by atoms with Crippen LogP contribution < -0.4 is 10.1 Å². The summed E-state index contributed by atoms with van der Waals surface area (Å²) in [6, 6.07) is 5.01. The molecular formula is C18H31NO. The molecule has 0 heterocycles. The van der Waals surface area contributed by atoms with E-state index in [4.69, 9.17) is 4.74 Å². The van der Waals surface area contributed by atoms with Crippen LogP contribution in [-0.2, 0) is 0 Å². The van der Waals surface area contributed by atoms with Crippen molar-refractivity contribution < 1.29 is 4.74 Å². The SMILES string of the molecule is CCCNC(c1cc(C)c(OC)c(C)c1)C(C)CCC. The maximum Gasteiger partial charge on any atom is 0.124 e. The lowest BCUT2D eigenvalue weighted by Gasteiger charge is -2.27. The molecule has 1 aromatic rings. The lowest BCUT2D eigenvalue weighted by molar-refractivity contribution is 0.362. The molecule has 2 nitrogen and oxygen atoms in total. The number of nitrogens with one attached hydrogen (secondary N) is 1. The van der Waals surface area contributed by atoms with Crippen molar-refractivity contribution in [2.24, 2.45) is 5.92 Å². The third-order valence-corrected chi connectivity index (χ3v) is 3.97. The van der Waals surface area contributed by atoms with Crippen LogP contribution in [0.1, 0.15) is 62.8 Å². The average Bonchev–Trinajstić information content (AvgIpc) is 2.39. The summed E-state index contributed by atoms with van der Waals surface area (Å²) in [7, 11) is 1.75. The van der Waals surface area contributed by atoms with Gasteiger partial charge < -0.3 is 10.1 Å². The number of methoxy groups -OCH3 is 1. The summed E-state index contributed by atoms with van der Waals surface area (Å²) in [5, 5.41) is 3.72. The fourth-order valence-corrected chi connectivity index (χ4v) is 3.05. The second kappa shape index (κ2) is 8.31. The minimum absolute atomic E-state index is 0.443. The van der Waals surface area contributed by atoms with Gasteiger partial charge in [0.05, 0.1) is 7.11 Å². The van der Waals surface area contributed by atoms with Crippen LogP contribution in [-0.4, -0.2) is 13.7 Å². The second-order valence-corrected chi connectivity index (χ2v) is 5.89. The van der Waals surface area contributed by atoms with Gasteiger partial charge >= 0.3 is 0 Å². The first kappa shape index (κ1) is 17.0. The molecule has 20 heavy (non-hydrogen) atoms. The Kier molecular flexibility index (Phi) is 7.08. The maximum absolute atomic E-state index is 5.48. The number of hydrogen-bond donors (Lipinski definition) is 1. The van der Waals surface area contributed by atoms with Gasteiger partial charge in [-0.2, -0.15) is 0 Å². The van der Waals surface area contributed by atoms with Gasteiger partial charge in [0, 0.05) is 6.04 Å². The summed E-state index contributed by atoms with van der Waals surface area (Å²) < 4.78 is 5.48. The first-order valence-corrected chi connectivity index (χ1v) is 7.93. The Hall–Kier alpha value is -1.02. The maximum atomic E-state index is 5.48. The zero-order valence-corrected chi connectivity index (χ0v) is 14.0. The van der Waals surface area contributed by atoms with E-state index in [1.54, 1.807) is 7.11 Å². The minimum atomic E-state index is 0.443. The Morgan fingerprint density at radius 2 is 1.70 bits per heavy atom. The van der Waals surface area contributed by atoms with Crippen molar-refractivity contribution in [3.05, 3.63) is 28.8 Å². The highest BCUT2D eigenvalue weighted by molar-refractivity contribution is 5.44. The van der Waals surface area contributed by atoms with Gasteiger partial charge in [0.15, 0.2) is 0 Å². The normalized spacial score (nSPS) is 14.1. The molecule has 0 fully saturated rings. The van der Waals surface area contributed by atoms with E-state index >= 15 is 0 Å². The lowest BCUT2D eigenvalue weighted by Crippen LogP contribution is -2.28. The summed E-state index contributed by atoms with van der Waals surface area (Å²) >= 11 is 0. The highest BCUT2D eigenvalue weighted by Gasteiger charge is 2.19. The van der Waals surface area contributed by atoms with E-state index < -0.39 is 0 Å². The van der Waals surface area contributed by atoms with Crippen molar-refractivity contribution in [2.75, 3.05) is 13.7 Å². The van der Waals surface area contributed by atoms with Crippen molar-refractivity contribution in [3.63, 3.8) is 0 Å². The van der Waals surface area contributed by atoms with E-state index in [1.807, 2.05) is 0 Å². The van der Waals surface area contributed by atoms with Gasteiger partial charge in [-0.05, 0) is 55.8 Å². The van der Waals surface area contributed by atoms with Gasteiger partial charge in [0.25, 0.3) is 0 Å². The van der Waals surface area contributed by atoms with Crippen molar-refractivity contribution in [1.29, 1.82) is 0 Å². The molecule has 0 aliphatic carbocycles. The number of aryl methyl sites for hydroxylation is 2. The first-order chi connectivity index (χ1) is 9.54. The van der Waals surface area contributed by atoms with Crippen LogP contribution in [0.4, 0.5) is 0 Å². The molecule has 2 unspecified atom stereocenters. The van der Waals surface area contributed by atoms with Crippen molar-refractivity contribution in [3.8, 4) is 5.75 Å². The molecule has 0 radical (unpaired) electrons. The van der Waals surface area contributed by atoms with E-state index in [0.29, 0.717) is 12.0 Å². The number of rotatable bonds is 8. The predicted molar refractivity (Wildman–Crippen MR) is 87.6 cm³/mol. The molecule has 0 aliphatic rings. The molecule has 2 heteroatoms. The molecule has 0 saturated heterocycles. The molecule has 0 aliphatic heterocycles. The summed E-state index contributed by atoms with van der Waals surface area (Å²) in [6.07, 6.45) is 3.66. The van der Waals surface area contributed by atoms with Gasteiger partial charge in [-0.15, -0.1) is 0 Å². The molecule has 114 valence electrons. The fourth-order valence-electron chi connectivity index (χ4n) is 3.05. The summed E-state index contributed by atoms with van der Waals surface area (Å²) in [6.45, 7) is 12.2. The number of benzene rings is 1.